The molecule has 0 aromatic heterocycles. The summed E-state index contributed by atoms with van der Waals surface area (Å²) < 4.78 is 40.1. The Hall–Kier alpha value is -3.67. The van der Waals surface area contributed by atoms with Gasteiger partial charge in [0.2, 0.25) is 0 Å². The van der Waals surface area contributed by atoms with Crippen molar-refractivity contribution < 1.29 is 94.1 Å². The summed E-state index contributed by atoms with van der Waals surface area (Å²) in [5, 5.41) is 113. The molecular weight excluding hydrogens is 712 g/mol. The minimum atomic E-state index is -1.82. The monoisotopic (exact) mass is 756 g/mol. The van der Waals surface area contributed by atoms with Gasteiger partial charge < -0.3 is 89.3 Å². The fourth-order valence-electron chi connectivity index (χ4n) is 5.94. The summed E-state index contributed by atoms with van der Waals surface area (Å²) in [4.78, 5) is 13.1. The van der Waals surface area contributed by atoms with Crippen molar-refractivity contribution in [3.8, 4) is 23.0 Å². The quantitative estimate of drug-likeness (QED) is 0.0603. The largest absolute Gasteiger partial charge is 0.504 e. The van der Waals surface area contributed by atoms with Gasteiger partial charge in [-0.1, -0.05) is 12.1 Å². The van der Waals surface area contributed by atoms with E-state index in [9.17, 15) is 61.0 Å². The minimum Gasteiger partial charge on any atom is -0.504 e. The van der Waals surface area contributed by atoms with Gasteiger partial charge in [0.1, 0.15) is 54.9 Å². The molecule has 3 aliphatic heterocycles. The first-order chi connectivity index (χ1) is 25.2. The maximum atomic E-state index is 13.1. The predicted molar refractivity (Wildman–Crippen MR) is 174 cm³/mol. The van der Waals surface area contributed by atoms with E-state index in [0.29, 0.717) is 11.1 Å². The second-order valence-electron chi connectivity index (χ2n) is 12.8. The van der Waals surface area contributed by atoms with Gasteiger partial charge in [0.25, 0.3) is 0 Å². The number of hydrogen-bond acceptors (Lipinski definition) is 19. The summed E-state index contributed by atoms with van der Waals surface area (Å²) in [7, 11) is 0. The molecule has 19 nitrogen and oxygen atoms in total. The van der Waals surface area contributed by atoms with Crippen LogP contribution in [0.25, 0.3) is 6.08 Å². The molecule has 294 valence electrons. The molecule has 3 heterocycles. The fraction of sp³-hybridized carbons (Fsp3) is 0.559. The van der Waals surface area contributed by atoms with Crippen LogP contribution in [0.3, 0.4) is 0 Å². The molecule has 3 saturated heterocycles. The third kappa shape index (κ3) is 9.53. The van der Waals surface area contributed by atoms with Crippen molar-refractivity contribution in [1.82, 2.24) is 0 Å². The van der Waals surface area contributed by atoms with Gasteiger partial charge in [0.15, 0.2) is 48.0 Å². The Morgan fingerprint density at radius 2 is 1.43 bits per heavy atom. The van der Waals surface area contributed by atoms with Gasteiger partial charge in [-0.05, 0) is 54.8 Å². The highest BCUT2D eigenvalue weighted by molar-refractivity contribution is 5.87. The second kappa shape index (κ2) is 17.6. The summed E-state index contributed by atoms with van der Waals surface area (Å²) in [6.07, 6.45) is -20.3. The normalized spacial score (nSPS) is 36.4. The molecule has 0 aliphatic carbocycles. The maximum Gasteiger partial charge on any atom is 0.331 e. The van der Waals surface area contributed by atoms with Crippen LogP contribution in [0.15, 0.2) is 42.5 Å². The lowest BCUT2D eigenvalue weighted by molar-refractivity contribution is -0.381. The summed E-state index contributed by atoms with van der Waals surface area (Å²) in [6.45, 7) is -0.0224. The molecule has 53 heavy (non-hydrogen) atoms. The standard InChI is InChI=1S/C34H44O19/c1-14-24(42)26(44)31(53-32-27(45)25(43)21(40)13-48-32)34(49-14)52-30-28(46)33(47-9-8-16-3-6-18(37)20(39)11-16)50-22(12-35)29(30)51-23(41)7-4-15-2-5-17(36)19(38)10-15/h2-7,10-11,14,21-22,24-40,42-46H,8-9,12-13H2,1H3/t14-,21-,22-,24-,25-,26+,27-,28-,29+,30-,31-,32+,33+,34-/m0/s1. The topological polar surface area (TPSA) is 304 Å². The van der Waals surface area contributed by atoms with E-state index >= 15 is 0 Å². The van der Waals surface area contributed by atoms with Gasteiger partial charge in [-0.3, -0.25) is 0 Å². The zero-order chi connectivity index (χ0) is 38.6. The van der Waals surface area contributed by atoms with Gasteiger partial charge in [-0.15, -0.1) is 0 Å². The summed E-state index contributed by atoms with van der Waals surface area (Å²) >= 11 is 0. The maximum absolute atomic E-state index is 13.1. The van der Waals surface area contributed by atoms with E-state index in [0.717, 1.165) is 6.08 Å². The van der Waals surface area contributed by atoms with Crippen molar-refractivity contribution in [3.63, 3.8) is 0 Å². The summed E-state index contributed by atoms with van der Waals surface area (Å²) in [5.74, 6) is -2.58. The number of aliphatic hydroxyl groups excluding tert-OH is 7. The predicted octanol–water partition coefficient (Wildman–Crippen LogP) is -2.55. The van der Waals surface area contributed by atoms with Crippen molar-refractivity contribution in [2.24, 2.45) is 0 Å². The molecule has 14 atom stereocenters. The lowest BCUT2D eigenvalue weighted by Gasteiger charge is -2.48. The van der Waals surface area contributed by atoms with Crippen LogP contribution in [-0.4, -0.2) is 168 Å². The highest BCUT2D eigenvalue weighted by atomic mass is 16.8. The Bertz CT molecular complexity index is 1560. The van der Waals surface area contributed by atoms with Crippen LogP contribution in [0.4, 0.5) is 0 Å². The Balaban J connectivity index is 1.39. The van der Waals surface area contributed by atoms with Crippen molar-refractivity contribution in [3.05, 3.63) is 53.6 Å². The SMILES string of the molecule is C[C@@H]1O[C@@H](O[C@H]2[C@H](O)[C@H](OCCc3ccc(O)c(O)c3)O[C@@H](CO)[C@H]2OC(=O)C=Cc2ccc(O)c(O)c2)[C@@H](O[C@H]2OC[C@H](O)[C@H](O)[C@@H]2O)[C@H](O)[C@H]1O. The number of ether oxygens (including phenoxy) is 7. The Kier molecular flexibility index (Phi) is 13.5. The van der Waals surface area contributed by atoms with Crippen LogP contribution in [0.1, 0.15) is 18.1 Å². The average Bonchev–Trinajstić information content (AvgIpc) is 3.13. The third-order valence-electron chi connectivity index (χ3n) is 8.99. The molecule has 2 aromatic carbocycles. The number of phenols is 4. The molecule has 0 unspecified atom stereocenters. The van der Waals surface area contributed by atoms with Crippen molar-refractivity contribution in [1.29, 1.82) is 0 Å². The van der Waals surface area contributed by atoms with Gasteiger partial charge in [-0.2, -0.15) is 0 Å². The van der Waals surface area contributed by atoms with E-state index in [4.69, 9.17) is 33.2 Å². The average molecular weight is 757 g/mol. The zero-order valence-corrected chi connectivity index (χ0v) is 28.2. The zero-order valence-electron chi connectivity index (χ0n) is 28.2. The number of aromatic hydroxyl groups is 4. The first-order valence-electron chi connectivity index (χ1n) is 16.6. The molecule has 0 amide bonds. The Labute approximate surface area is 302 Å². The number of hydrogen-bond donors (Lipinski definition) is 11. The van der Waals surface area contributed by atoms with E-state index < -0.39 is 111 Å². The molecule has 0 saturated carbocycles. The fourth-order valence-corrected chi connectivity index (χ4v) is 5.94. The molecule has 5 rings (SSSR count). The van der Waals surface area contributed by atoms with E-state index in [1.54, 1.807) is 0 Å². The smallest absolute Gasteiger partial charge is 0.331 e. The highest BCUT2D eigenvalue weighted by Crippen LogP contribution is 2.34. The first kappa shape index (κ1) is 40.5. The molecule has 2 aromatic rings. The second-order valence-corrected chi connectivity index (χ2v) is 12.8. The molecule has 0 bridgehead atoms. The molecule has 3 aliphatic rings. The Morgan fingerprint density at radius 1 is 0.755 bits per heavy atom. The molecule has 3 fully saturated rings. The number of phenolic OH excluding ortho intramolecular Hbond substituents is 4. The molecule has 19 heteroatoms. The van der Waals surface area contributed by atoms with Gasteiger partial charge in [0, 0.05) is 6.08 Å². The summed E-state index contributed by atoms with van der Waals surface area (Å²) in [5.41, 5.74) is 0.834. The van der Waals surface area contributed by atoms with Crippen molar-refractivity contribution in [2.75, 3.05) is 19.8 Å². The number of esters is 1. The van der Waals surface area contributed by atoms with E-state index in [1.165, 1.54) is 49.4 Å². The molecule has 11 N–H and O–H groups in total. The van der Waals surface area contributed by atoms with Crippen molar-refractivity contribution in [2.45, 2.75) is 99.4 Å². The van der Waals surface area contributed by atoms with Gasteiger partial charge >= 0.3 is 5.97 Å². The van der Waals surface area contributed by atoms with Crippen LogP contribution in [0.5, 0.6) is 23.0 Å². The molecular formula is C34H44O19. The number of carbonyl (C=O) groups is 1. The highest BCUT2D eigenvalue weighted by Gasteiger charge is 2.54. The van der Waals surface area contributed by atoms with Crippen LogP contribution < -0.4 is 0 Å². The number of aliphatic hydroxyl groups is 7. The number of rotatable bonds is 12. The van der Waals surface area contributed by atoms with Crippen molar-refractivity contribution >= 4 is 12.0 Å². The lowest BCUT2D eigenvalue weighted by Crippen LogP contribution is -2.66. The van der Waals surface area contributed by atoms with Crippen LogP contribution in [-0.2, 0) is 44.4 Å². The summed E-state index contributed by atoms with van der Waals surface area (Å²) in [6, 6.07) is 7.85. The van der Waals surface area contributed by atoms with E-state index in [1.807, 2.05) is 0 Å². The van der Waals surface area contributed by atoms with Gasteiger partial charge in [0.05, 0.1) is 25.9 Å². The number of benzene rings is 2. The number of carbonyl (C=O) groups excluding carboxylic acids is 1. The minimum absolute atomic E-state index is 0.137. The van der Waals surface area contributed by atoms with Crippen LogP contribution >= 0.6 is 0 Å². The third-order valence-corrected chi connectivity index (χ3v) is 8.99. The van der Waals surface area contributed by atoms with E-state index in [2.05, 4.69) is 0 Å². The molecule has 0 spiro atoms. The van der Waals surface area contributed by atoms with Gasteiger partial charge in [-0.25, -0.2) is 4.79 Å². The molecule has 0 radical (unpaired) electrons. The Morgan fingerprint density at radius 3 is 2.11 bits per heavy atom. The van der Waals surface area contributed by atoms with Crippen LogP contribution in [0, 0.1) is 0 Å². The van der Waals surface area contributed by atoms with E-state index in [-0.39, 0.29) is 30.3 Å². The lowest BCUT2D eigenvalue weighted by atomic mass is 9.96. The first-order valence-corrected chi connectivity index (χ1v) is 16.6. The van der Waals surface area contributed by atoms with Crippen LogP contribution in [0.2, 0.25) is 0 Å².